The Balaban J connectivity index is 1.72. The van der Waals surface area contributed by atoms with E-state index in [1.165, 1.54) is 0 Å². The molecule has 2 aromatic rings. The van der Waals surface area contributed by atoms with Crippen molar-refractivity contribution < 1.29 is 9.59 Å². The van der Waals surface area contributed by atoms with Crippen LogP contribution in [0.4, 0.5) is 17.5 Å². The van der Waals surface area contributed by atoms with Crippen molar-refractivity contribution in [3.8, 4) is 0 Å². The van der Waals surface area contributed by atoms with Crippen molar-refractivity contribution in [2.75, 3.05) is 23.8 Å². The van der Waals surface area contributed by atoms with E-state index in [1.807, 2.05) is 24.3 Å². The highest BCUT2D eigenvalue weighted by molar-refractivity contribution is 5.99. The molecule has 1 saturated heterocycles. The van der Waals surface area contributed by atoms with Gasteiger partial charge in [-0.15, -0.1) is 0 Å². The molecule has 7 heteroatoms. The summed E-state index contributed by atoms with van der Waals surface area (Å²) >= 11 is 0. The number of hydrogen-bond acceptors (Lipinski definition) is 5. The van der Waals surface area contributed by atoms with Crippen LogP contribution in [0.25, 0.3) is 0 Å². The van der Waals surface area contributed by atoms with Crippen molar-refractivity contribution in [3.63, 3.8) is 0 Å². The monoisotopic (exact) mass is 381 g/mol. The Morgan fingerprint density at radius 2 is 1.89 bits per heavy atom. The van der Waals surface area contributed by atoms with Crippen LogP contribution >= 0.6 is 0 Å². The standard InChI is InChI=1S/C21H27N5O2/c1-4-21(5-2)11-13-26(19(21)28)17-10-12-23-20(25-17)24-16-8-6-15(7-9-16)14-18(27)22-3/h6-10,12H,4-5,11,13-14H2,1-3H3,(H,22,27)(H,23,24,25). The van der Waals surface area contributed by atoms with Crippen LogP contribution < -0.4 is 15.5 Å². The molecule has 2 amide bonds. The van der Waals surface area contributed by atoms with Gasteiger partial charge >= 0.3 is 0 Å². The average molecular weight is 381 g/mol. The number of carbonyl (C=O) groups excluding carboxylic acids is 2. The van der Waals surface area contributed by atoms with Gasteiger partial charge in [0.1, 0.15) is 5.82 Å². The minimum Gasteiger partial charge on any atom is -0.359 e. The first-order chi connectivity index (χ1) is 13.5. The predicted molar refractivity (Wildman–Crippen MR) is 110 cm³/mol. The van der Waals surface area contributed by atoms with Crippen molar-refractivity contribution in [2.24, 2.45) is 5.41 Å². The maximum Gasteiger partial charge on any atom is 0.234 e. The number of carbonyl (C=O) groups is 2. The minimum atomic E-state index is -0.265. The average Bonchev–Trinajstić information content (AvgIpc) is 3.06. The van der Waals surface area contributed by atoms with Gasteiger partial charge in [-0.2, -0.15) is 4.98 Å². The van der Waals surface area contributed by atoms with E-state index in [2.05, 4.69) is 34.4 Å². The van der Waals surface area contributed by atoms with Crippen LogP contribution in [0.15, 0.2) is 36.5 Å². The molecule has 0 aliphatic carbocycles. The normalized spacial score (nSPS) is 15.5. The first-order valence-electron chi connectivity index (χ1n) is 9.73. The number of anilines is 3. The summed E-state index contributed by atoms with van der Waals surface area (Å²) in [6.45, 7) is 4.84. The van der Waals surface area contributed by atoms with Gasteiger partial charge in [-0.25, -0.2) is 4.98 Å². The van der Waals surface area contributed by atoms with Crippen LogP contribution in [-0.2, 0) is 16.0 Å². The van der Waals surface area contributed by atoms with E-state index in [-0.39, 0.29) is 17.2 Å². The van der Waals surface area contributed by atoms with Crippen LogP contribution in [-0.4, -0.2) is 35.4 Å². The molecule has 0 saturated carbocycles. The highest BCUT2D eigenvalue weighted by Crippen LogP contribution is 2.39. The maximum atomic E-state index is 12.9. The highest BCUT2D eigenvalue weighted by atomic mass is 16.2. The molecule has 1 aromatic heterocycles. The number of benzene rings is 1. The summed E-state index contributed by atoms with van der Waals surface area (Å²) in [5, 5.41) is 5.78. The van der Waals surface area contributed by atoms with Gasteiger partial charge in [0.25, 0.3) is 0 Å². The van der Waals surface area contributed by atoms with Crippen LogP contribution in [0.3, 0.4) is 0 Å². The van der Waals surface area contributed by atoms with Gasteiger partial charge in [0.05, 0.1) is 11.8 Å². The quantitative estimate of drug-likeness (QED) is 0.770. The second-order valence-electron chi connectivity index (χ2n) is 7.10. The summed E-state index contributed by atoms with van der Waals surface area (Å²) in [6.07, 6.45) is 4.56. The summed E-state index contributed by atoms with van der Waals surface area (Å²) in [4.78, 5) is 35.0. The Labute approximate surface area is 165 Å². The molecule has 1 aromatic carbocycles. The number of rotatable bonds is 7. The predicted octanol–water partition coefficient (Wildman–Crippen LogP) is 3.05. The van der Waals surface area contributed by atoms with Gasteiger partial charge < -0.3 is 10.6 Å². The number of hydrogen-bond donors (Lipinski definition) is 2. The number of likely N-dealkylation sites (N-methyl/N-ethyl adjacent to an activating group) is 1. The van der Waals surface area contributed by atoms with Crippen LogP contribution in [0.2, 0.25) is 0 Å². The second-order valence-corrected chi connectivity index (χ2v) is 7.10. The molecule has 2 N–H and O–H groups in total. The highest BCUT2D eigenvalue weighted by Gasteiger charge is 2.44. The van der Waals surface area contributed by atoms with Gasteiger partial charge in [0.2, 0.25) is 17.8 Å². The smallest absolute Gasteiger partial charge is 0.234 e. The summed E-state index contributed by atoms with van der Waals surface area (Å²) in [7, 11) is 1.62. The lowest BCUT2D eigenvalue weighted by Gasteiger charge is -2.24. The topological polar surface area (TPSA) is 87.2 Å². The number of amides is 2. The Morgan fingerprint density at radius 3 is 2.50 bits per heavy atom. The van der Waals surface area contributed by atoms with Crippen molar-refractivity contribution >= 4 is 29.3 Å². The maximum absolute atomic E-state index is 12.9. The lowest BCUT2D eigenvalue weighted by atomic mass is 9.81. The molecule has 1 aliphatic heterocycles. The molecular weight excluding hydrogens is 354 g/mol. The summed E-state index contributed by atoms with van der Waals surface area (Å²) in [5.41, 5.74) is 1.49. The van der Waals surface area contributed by atoms with Gasteiger partial charge in [-0.3, -0.25) is 14.5 Å². The number of nitrogens with one attached hydrogen (secondary N) is 2. The largest absolute Gasteiger partial charge is 0.359 e. The van der Waals surface area contributed by atoms with E-state index in [4.69, 9.17) is 0 Å². The van der Waals surface area contributed by atoms with Crippen molar-refractivity contribution in [1.82, 2.24) is 15.3 Å². The molecule has 0 spiro atoms. The zero-order valence-electron chi connectivity index (χ0n) is 16.7. The molecule has 1 aliphatic rings. The van der Waals surface area contributed by atoms with Gasteiger partial charge in [0.15, 0.2) is 0 Å². The van der Waals surface area contributed by atoms with Gasteiger partial charge in [-0.05, 0) is 43.0 Å². The number of aromatic nitrogens is 2. The first-order valence-corrected chi connectivity index (χ1v) is 9.73. The van der Waals surface area contributed by atoms with E-state index >= 15 is 0 Å². The molecule has 0 unspecified atom stereocenters. The third-order valence-corrected chi connectivity index (χ3v) is 5.64. The SMILES string of the molecule is CCC1(CC)CCN(c2ccnc(Nc3ccc(CC(=O)NC)cc3)n2)C1=O. The van der Waals surface area contributed by atoms with E-state index in [0.717, 1.165) is 30.5 Å². The van der Waals surface area contributed by atoms with E-state index < -0.39 is 0 Å². The fourth-order valence-electron chi connectivity index (χ4n) is 3.61. The lowest BCUT2D eigenvalue weighted by Crippen LogP contribution is -2.34. The third-order valence-electron chi connectivity index (χ3n) is 5.64. The summed E-state index contributed by atoms with van der Waals surface area (Å²) in [5.74, 6) is 1.19. The van der Waals surface area contributed by atoms with Crippen LogP contribution in [0, 0.1) is 5.41 Å². The van der Waals surface area contributed by atoms with Gasteiger partial charge in [-0.1, -0.05) is 26.0 Å². The Morgan fingerprint density at radius 1 is 1.18 bits per heavy atom. The molecule has 3 rings (SSSR count). The Hall–Kier alpha value is -2.96. The Kier molecular flexibility index (Phi) is 5.92. The van der Waals surface area contributed by atoms with Crippen LogP contribution in [0.1, 0.15) is 38.7 Å². The van der Waals surface area contributed by atoms with Gasteiger partial charge in [0, 0.05) is 25.5 Å². The molecule has 148 valence electrons. The van der Waals surface area contributed by atoms with E-state index in [9.17, 15) is 9.59 Å². The zero-order chi connectivity index (χ0) is 20.1. The molecule has 0 atom stereocenters. The van der Waals surface area contributed by atoms with Crippen LogP contribution in [0.5, 0.6) is 0 Å². The molecule has 2 heterocycles. The summed E-state index contributed by atoms with van der Waals surface area (Å²) < 4.78 is 0. The fraction of sp³-hybridized carbons (Fsp3) is 0.429. The van der Waals surface area contributed by atoms with Crippen molar-refractivity contribution in [1.29, 1.82) is 0 Å². The number of nitrogens with zero attached hydrogens (tertiary/aromatic N) is 3. The van der Waals surface area contributed by atoms with E-state index in [0.29, 0.717) is 24.7 Å². The molecule has 28 heavy (non-hydrogen) atoms. The van der Waals surface area contributed by atoms with Crippen molar-refractivity contribution in [3.05, 3.63) is 42.1 Å². The molecule has 0 bridgehead atoms. The molecular formula is C21H27N5O2. The second kappa shape index (κ2) is 8.37. The third kappa shape index (κ3) is 3.98. The minimum absolute atomic E-state index is 0.0257. The molecule has 7 nitrogen and oxygen atoms in total. The molecule has 1 fully saturated rings. The fourth-order valence-corrected chi connectivity index (χ4v) is 3.61. The Bertz CT molecular complexity index is 846. The van der Waals surface area contributed by atoms with E-state index in [1.54, 1.807) is 24.2 Å². The molecule has 0 radical (unpaired) electrons. The zero-order valence-corrected chi connectivity index (χ0v) is 16.7. The lowest BCUT2D eigenvalue weighted by molar-refractivity contribution is -0.126. The van der Waals surface area contributed by atoms with Crippen molar-refractivity contribution in [2.45, 2.75) is 39.5 Å². The first kappa shape index (κ1) is 19.8. The summed E-state index contributed by atoms with van der Waals surface area (Å²) in [6, 6.07) is 9.32.